The molecule has 0 bridgehead atoms. The first-order chi connectivity index (χ1) is 11.6. The molecule has 2 aromatic carbocycles. The smallest absolute Gasteiger partial charge is 0.175 e. The van der Waals surface area contributed by atoms with E-state index in [9.17, 15) is 0 Å². The lowest BCUT2D eigenvalue weighted by molar-refractivity contribution is 0.340. The van der Waals surface area contributed by atoms with Gasteiger partial charge in [0.25, 0.3) is 0 Å². The first kappa shape index (κ1) is 17.9. The lowest BCUT2D eigenvalue weighted by Gasteiger charge is -2.16. The zero-order chi connectivity index (χ0) is 17.5. The standard InChI is InChI=1S/C18H22N2O3S/c1-5-23-14-8-6-13(7-9-14)19-18(24)20-15-11-17(22-4)16(21-3)10-12(15)2/h6-11H,5H2,1-4H3,(H2,19,20,24). The molecule has 0 aliphatic rings. The van der Waals surface area contributed by atoms with E-state index < -0.39 is 0 Å². The fourth-order valence-electron chi connectivity index (χ4n) is 2.20. The SMILES string of the molecule is CCOc1ccc(NC(=S)Nc2cc(OC)c(OC)cc2C)cc1. The molecule has 0 radical (unpaired) electrons. The van der Waals surface area contributed by atoms with Crippen molar-refractivity contribution in [3.05, 3.63) is 42.0 Å². The number of hydrogen-bond acceptors (Lipinski definition) is 4. The first-order valence-corrected chi connectivity index (χ1v) is 8.01. The second kappa shape index (κ2) is 8.40. The number of aryl methyl sites for hydroxylation is 1. The third-order valence-corrected chi connectivity index (χ3v) is 3.61. The quantitative estimate of drug-likeness (QED) is 0.764. The van der Waals surface area contributed by atoms with Crippen LogP contribution in [0.4, 0.5) is 11.4 Å². The number of nitrogens with one attached hydrogen (secondary N) is 2. The Labute approximate surface area is 147 Å². The zero-order valence-corrected chi connectivity index (χ0v) is 15.1. The highest BCUT2D eigenvalue weighted by Crippen LogP contribution is 2.33. The number of anilines is 2. The van der Waals surface area contributed by atoms with Crippen molar-refractivity contribution < 1.29 is 14.2 Å². The summed E-state index contributed by atoms with van der Waals surface area (Å²) >= 11 is 5.38. The predicted molar refractivity (Wildman–Crippen MR) is 102 cm³/mol. The summed E-state index contributed by atoms with van der Waals surface area (Å²) in [6.07, 6.45) is 0. The molecule has 2 rings (SSSR count). The van der Waals surface area contributed by atoms with Gasteiger partial charge in [0, 0.05) is 17.4 Å². The van der Waals surface area contributed by atoms with E-state index in [1.165, 1.54) is 0 Å². The van der Waals surface area contributed by atoms with E-state index in [1.807, 2.05) is 50.2 Å². The lowest BCUT2D eigenvalue weighted by atomic mass is 10.1. The Bertz CT molecular complexity index is 702. The van der Waals surface area contributed by atoms with Crippen molar-refractivity contribution in [3.8, 4) is 17.2 Å². The molecule has 0 fully saturated rings. The number of rotatable bonds is 6. The number of hydrogen-bond donors (Lipinski definition) is 2. The molecule has 0 aliphatic heterocycles. The summed E-state index contributed by atoms with van der Waals surface area (Å²) in [6.45, 7) is 4.58. The van der Waals surface area contributed by atoms with E-state index >= 15 is 0 Å². The molecule has 0 heterocycles. The number of ether oxygens (including phenoxy) is 3. The molecule has 128 valence electrons. The second-order valence-corrected chi connectivity index (χ2v) is 5.47. The molecule has 0 saturated carbocycles. The van der Waals surface area contributed by atoms with Crippen LogP contribution in [-0.4, -0.2) is 25.9 Å². The Balaban J connectivity index is 2.06. The maximum atomic E-state index is 5.42. The molecule has 0 amide bonds. The number of benzene rings is 2. The Morgan fingerprint density at radius 3 is 2.21 bits per heavy atom. The Hall–Kier alpha value is -2.47. The fraction of sp³-hybridized carbons (Fsp3) is 0.278. The van der Waals surface area contributed by atoms with E-state index in [0.717, 1.165) is 22.7 Å². The van der Waals surface area contributed by atoms with Crippen LogP contribution in [0, 0.1) is 6.92 Å². The van der Waals surface area contributed by atoms with Gasteiger partial charge in [-0.1, -0.05) is 0 Å². The van der Waals surface area contributed by atoms with Crippen LogP contribution >= 0.6 is 12.2 Å². The van der Waals surface area contributed by atoms with Gasteiger partial charge in [-0.15, -0.1) is 0 Å². The van der Waals surface area contributed by atoms with Crippen LogP contribution in [0.2, 0.25) is 0 Å². The molecule has 5 nitrogen and oxygen atoms in total. The summed E-state index contributed by atoms with van der Waals surface area (Å²) < 4.78 is 16.0. The monoisotopic (exact) mass is 346 g/mol. The zero-order valence-electron chi connectivity index (χ0n) is 14.3. The van der Waals surface area contributed by atoms with E-state index in [4.69, 9.17) is 26.4 Å². The highest BCUT2D eigenvalue weighted by atomic mass is 32.1. The molecule has 2 N–H and O–H groups in total. The average Bonchev–Trinajstić information content (AvgIpc) is 2.58. The second-order valence-electron chi connectivity index (χ2n) is 5.06. The summed E-state index contributed by atoms with van der Waals surface area (Å²) in [5.74, 6) is 2.16. The minimum absolute atomic E-state index is 0.495. The normalized spacial score (nSPS) is 10.0. The van der Waals surface area contributed by atoms with Gasteiger partial charge in [-0.2, -0.15) is 0 Å². The van der Waals surface area contributed by atoms with Gasteiger partial charge in [-0.25, -0.2) is 0 Å². The molecular weight excluding hydrogens is 324 g/mol. The van der Waals surface area contributed by atoms with Crippen LogP contribution in [0.5, 0.6) is 17.2 Å². The molecule has 0 saturated heterocycles. The molecule has 0 aliphatic carbocycles. The van der Waals surface area contributed by atoms with Gasteiger partial charge < -0.3 is 24.8 Å². The van der Waals surface area contributed by atoms with Crippen LogP contribution in [-0.2, 0) is 0 Å². The highest BCUT2D eigenvalue weighted by molar-refractivity contribution is 7.80. The van der Waals surface area contributed by atoms with Crippen LogP contribution < -0.4 is 24.8 Å². The number of thiocarbonyl (C=S) groups is 1. The topological polar surface area (TPSA) is 51.8 Å². The van der Waals surface area contributed by atoms with Gasteiger partial charge >= 0.3 is 0 Å². The average molecular weight is 346 g/mol. The van der Waals surface area contributed by atoms with Crippen LogP contribution in [0.15, 0.2) is 36.4 Å². The molecule has 0 atom stereocenters. The van der Waals surface area contributed by atoms with Crippen molar-refractivity contribution >= 4 is 28.7 Å². The Morgan fingerprint density at radius 1 is 1.00 bits per heavy atom. The van der Waals surface area contributed by atoms with E-state index in [0.29, 0.717) is 23.2 Å². The van der Waals surface area contributed by atoms with Gasteiger partial charge in [-0.3, -0.25) is 0 Å². The third-order valence-electron chi connectivity index (χ3n) is 3.40. The lowest BCUT2D eigenvalue weighted by Crippen LogP contribution is -2.19. The minimum Gasteiger partial charge on any atom is -0.494 e. The molecular formula is C18H22N2O3S. The highest BCUT2D eigenvalue weighted by Gasteiger charge is 2.09. The predicted octanol–water partition coefficient (Wildman–Crippen LogP) is 4.22. The van der Waals surface area contributed by atoms with Gasteiger partial charge in [-0.05, 0) is 62.0 Å². The van der Waals surface area contributed by atoms with Gasteiger partial charge in [0.1, 0.15) is 5.75 Å². The van der Waals surface area contributed by atoms with Crippen LogP contribution in [0.1, 0.15) is 12.5 Å². The van der Waals surface area contributed by atoms with Crippen molar-refractivity contribution in [2.45, 2.75) is 13.8 Å². The molecule has 6 heteroatoms. The van der Waals surface area contributed by atoms with Crippen LogP contribution in [0.25, 0.3) is 0 Å². The van der Waals surface area contributed by atoms with E-state index in [1.54, 1.807) is 14.2 Å². The fourth-order valence-corrected chi connectivity index (χ4v) is 2.43. The molecule has 24 heavy (non-hydrogen) atoms. The summed E-state index contributed by atoms with van der Waals surface area (Å²) in [5, 5.41) is 6.82. The Kier molecular flexibility index (Phi) is 6.26. The third kappa shape index (κ3) is 4.52. The summed E-state index contributed by atoms with van der Waals surface area (Å²) in [5.41, 5.74) is 2.74. The van der Waals surface area contributed by atoms with E-state index in [-0.39, 0.29) is 0 Å². The largest absolute Gasteiger partial charge is 0.494 e. The van der Waals surface area contributed by atoms with Crippen molar-refractivity contribution in [2.24, 2.45) is 0 Å². The first-order valence-electron chi connectivity index (χ1n) is 7.60. The Morgan fingerprint density at radius 2 is 1.62 bits per heavy atom. The molecule has 0 spiro atoms. The van der Waals surface area contributed by atoms with Crippen molar-refractivity contribution in [1.29, 1.82) is 0 Å². The maximum absolute atomic E-state index is 5.42. The van der Waals surface area contributed by atoms with Crippen molar-refractivity contribution in [3.63, 3.8) is 0 Å². The van der Waals surface area contributed by atoms with Crippen molar-refractivity contribution in [1.82, 2.24) is 0 Å². The van der Waals surface area contributed by atoms with Gasteiger partial charge in [0.2, 0.25) is 0 Å². The van der Waals surface area contributed by atoms with Gasteiger partial charge in [0.05, 0.1) is 20.8 Å². The van der Waals surface area contributed by atoms with Gasteiger partial charge in [0.15, 0.2) is 16.6 Å². The minimum atomic E-state index is 0.495. The molecule has 2 aromatic rings. The van der Waals surface area contributed by atoms with Crippen molar-refractivity contribution in [2.75, 3.05) is 31.5 Å². The summed E-state index contributed by atoms with van der Waals surface area (Å²) in [4.78, 5) is 0. The number of methoxy groups -OCH3 is 2. The molecule has 0 aromatic heterocycles. The summed E-state index contributed by atoms with van der Waals surface area (Å²) in [6, 6.07) is 11.4. The maximum Gasteiger partial charge on any atom is 0.175 e. The summed E-state index contributed by atoms with van der Waals surface area (Å²) in [7, 11) is 3.22. The van der Waals surface area contributed by atoms with Crippen LogP contribution in [0.3, 0.4) is 0 Å². The van der Waals surface area contributed by atoms with E-state index in [2.05, 4.69) is 10.6 Å². The molecule has 0 unspecified atom stereocenters.